The van der Waals surface area contributed by atoms with Crippen LogP contribution in [0.4, 0.5) is 34.1 Å². The van der Waals surface area contributed by atoms with Gasteiger partial charge in [0.25, 0.3) is 0 Å². The molecular formula is C46H47Cl2N8+. The summed E-state index contributed by atoms with van der Waals surface area (Å²) in [6.45, 7) is 10.1. The number of nitrogens with one attached hydrogen (secondary N) is 2. The monoisotopic (exact) mass is 781 g/mol. The van der Waals surface area contributed by atoms with Gasteiger partial charge in [-0.1, -0.05) is 36.0 Å². The van der Waals surface area contributed by atoms with Crippen molar-refractivity contribution in [2.45, 2.75) is 59.4 Å². The summed E-state index contributed by atoms with van der Waals surface area (Å²) < 4.78 is 2.23. The van der Waals surface area contributed by atoms with Gasteiger partial charge in [-0.3, -0.25) is 0 Å². The molecule has 0 spiro atoms. The Hall–Kier alpha value is -5.57. The minimum absolute atomic E-state index is 0.0703. The molecule has 284 valence electrons. The Labute approximate surface area is 338 Å². The molecule has 2 heterocycles. The van der Waals surface area contributed by atoms with Gasteiger partial charge in [-0.05, 0) is 136 Å². The van der Waals surface area contributed by atoms with Gasteiger partial charge in [0.2, 0.25) is 16.7 Å². The van der Waals surface area contributed by atoms with Gasteiger partial charge in [-0.15, -0.1) is 4.57 Å². The zero-order chi connectivity index (χ0) is 39.1. The van der Waals surface area contributed by atoms with Gasteiger partial charge in [0.15, 0.2) is 0 Å². The molecule has 56 heavy (non-hydrogen) atoms. The third-order valence-corrected chi connectivity index (χ3v) is 11.4. The number of nitrogens with two attached hydrogens (primary N) is 2. The number of hydrogen-bond donors (Lipinski definition) is 4. The van der Waals surface area contributed by atoms with E-state index >= 15 is 0 Å². The van der Waals surface area contributed by atoms with Gasteiger partial charge in [-0.25, -0.2) is 9.98 Å². The Morgan fingerprint density at radius 3 is 2.02 bits per heavy atom. The molecule has 0 saturated carbocycles. The largest absolute Gasteiger partial charge is 0.398 e. The van der Waals surface area contributed by atoms with E-state index in [9.17, 15) is 0 Å². The number of aryl methyl sites for hydroxylation is 3. The van der Waals surface area contributed by atoms with Crippen LogP contribution in [0.25, 0.3) is 27.8 Å². The lowest BCUT2D eigenvalue weighted by Crippen LogP contribution is -2.41. The highest BCUT2D eigenvalue weighted by atomic mass is 35.5. The lowest BCUT2D eigenvalue weighted by atomic mass is 9.93. The van der Waals surface area contributed by atoms with Crippen LogP contribution in [0.1, 0.15) is 49.3 Å². The summed E-state index contributed by atoms with van der Waals surface area (Å²) in [5.74, 6) is 0. The summed E-state index contributed by atoms with van der Waals surface area (Å²) >= 11 is 12.6. The minimum Gasteiger partial charge on any atom is -0.398 e. The first kappa shape index (κ1) is 37.4. The average molecular weight is 783 g/mol. The highest BCUT2D eigenvalue weighted by Gasteiger charge is 2.32. The maximum Gasteiger partial charge on any atom is 0.239 e. The average Bonchev–Trinajstić information content (AvgIpc) is 3.17. The fourth-order valence-electron chi connectivity index (χ4n) is 7.72. The number of aromatic nitrogens is 2. The normalized spacial score (nSPS) is 14.9. The summed E-state index contributed by atoms with van der Waals surface area (Å²) in [6, 6.07) is 28.4. The molecule has 1 aliphatic carbocycles. The molecule has 1 aliphatic heterocycles. The number of aliphatic imine (C=N–C) groups is 1. The van der Waals surface area contributed by atoms with Crippen LogP contribution in [0.15, 0.2) is 113 Å². The van der Waals surface area contributed by atoms with Crippen LogP contribution in [0.2, 0.25) is 10.0 Å². The van der Waals surface area contributed by atoms with Crippen LogP contribution < -0.4 is 31.6 Å². The summed E-state index contributed by atoms with van der Waals surface area (Å²) in [7, 11) is 0. The minimum atomic E-state index is -0.0703. The van der Waals surface area contributed by atoms with Crippen LogP contribution in [0.5, 0.6) is 0 Å². The molecule has 5 aromatic carbocycles. The molecule has 0 saturated heterocycles. The Bertz CT molecular complexity index is 2580. The summed E-state index contributed by atoms with van der Waals surface area (Å²) in [6.07, 6.45) is 8.91. The van der Waals surface area contributed by atoms with E-state index in [1.165, 1.54) is 5.57 Å². The maximum atomic E-state index is 6.41. The van der Waals surface area contributed by atoms with Crippen LogP contribution in [0, 0.1) is 20.8 Å². The van der Waals surface area contributed by atoms with E-state index in [0.29, 0.717) is 10.0 Å². The predicted octanol–water partition coefficient (Wildman–Crippen LogP) is 10.8. The molecule has 0 amide bonds. The van der Waals surface area contributed by atoms with E-state index in [4.69, 9.17) is 44.6 Å². The number of benzene rings is 5. The number of halogens is 2. The van der Waals surface area contributed by atoms with Gasteiger partial charge < -0.3 is 27.0 Å². The van der Waals surface area contributed by atoms with Gasteiger partial charge >= 0.3 is 0 Å². The first-order valence-electron chi connectivity index (χ1n) is 19.3. The number of fused-ring (bicyclic) bond motifs is 4. The highest BCUT2D eigenvalue weighted by molar-refractivity contribution is 6.31. The molecule has 6 N–H and O–H groups in total. The molecule has 0 fully saturated rings. The van der Waals surface area contributed by atoms with Crippen molar-refractivity contribution in [1.29, 1.82) is 0 Å². The fraction of sp³-hybridized carbons (Fsp3) is 0.239. The number of nitrogens with zero attached hydrogens (tertiary/aromatic N) is 4. The Balaban J connectivity index is 0.910. The van der Waals surface area contributed by atoms with Crippen molar-refractivity contribution in [2.24, 2.45) is 4.99 Å². The van der Waals surface area contributed by atoms with Crippen LogP contribution in [-0.4, -0.2) is 29.8 Å². The molecule has 0 radical (unpaired) electrons. The van der Waals surface area contributed by atoms with Crippen LogP contribution in [0.3, 0.4) is 0 Å². The summed E-state index contributed by atoms with van der Waals surface area (Å²) in [4.78, 5) is 12.5. The standard InChI is InChI=1S/C46H46Cl2N8/c1-27-19-39-43(23-35(27)49)55(33-13-9-31(47)10-14-33)45-25-37(29(3)21-41(45)53-39)51-17-7-5-6-8-18-52-38-26-46-42(22-30(38)4)54-40-20-28(2)36(50)24-44(40)56(46)34-15-11-32(48)12-16-34/h9-16,19-26,45,51H,5-8,17-18,49H2,1-4H3,(H2,50,52)/p+1. The van der Waals surface area contributed by atoms with Gasteiger partial charge in [0.05, 0.1) is 23.1 Å². The van der Waals surface area contributed by atoms with Crippen molar-refractivity contribution in [2.75, 3.05) is 34.8 Å². The van der Waals surface area contributed by atoms with E-state index in [2.05, 4.69) is 82.5 Å². The lowest BCUT2D eigenvalue weighted by Gasteiger charge is -2.39. The molecule has 10 heteroatoms. The second kappa shape index (κ2) is 15.5. The quantitative estimate of drug-likeness (QED) is 0.0451. The first-order valence-corrected chi connectivity index (χ1v) is 20.0. The highest BCUT2D eigenvalue weighted by Crippen LogP contribution is 2.44. The Morgan fingerprint density at radius 2 is 1.30 bits per heavy atom. The van der Waals surface area contributed by atoms with Gasteiger partial charge in [0, 0.05) is 75.8 Å². The summed E-state index contributed by atoms with van der Waals surface area (Å²) in [5.41, 5.74) is 29.7. The number of allylic oxidation sites excluding steroid dienone is 1. The molecule has 6 aromatic rings. The molecular weight excluding hydrogens is 735 g/mol. The Morgan fingerprint density at radius 1 is 0.696 bits per heavy atom. The number of unbranched alkanes of at least 4 members (excludes halogenated alkanes) is 3. The molecule has 1 atom stereocenters. The summed E-state index contributed by atoms with van der Waals surface area (Å²) in [5, 5.41) is 8.86. The molecule has 8 nitrogen and oxygen atoms in total. The van der Waals surface area contributed by atoms with Crippen LogP contribution in [-0.2, 0) is 0 Å². The van der Waals surface area contributed by atoms with Crippen molar-refractivity contribution in [3.63, 3.8) is 0 Å². The van der Waals surface area contributed by atoms with E-state index < -0.39 is 0 Å². The number of nitrogen functional groups attached to an aromatic ring is 2. The zero-order valence-electron chi connectivity index (χ0n) is 32.3. The van der Waals surface area contributed by atoms with Crippen molar-refractivity contribution in [3.05, 3.63) is 135 Å². The van der Waals surface area contributed by atoms with E-state index in [-0.39, 0.29) is 6.04 Å². The molecule has 1 aromatic heterocycles. The topological polar surface area (TPSA) is 108 Å². The second-order valence-corrected chi connectivity index (χ2v) is 15.9. The number of anilines is 5. The number of hydrogen-bond acceptors (Lipinski definition) is 7. The van der Waals surface area contributed by atoms with E-state index in [0.717, 1.165) is 129 Å². The molecule has 0 bridgehead atoms. The van der Waals surface area contributed by atoms with Crippen molar-refractivity contribution in [3.8, 4) is 5.69 Å². The predicted molar refractivity (Wildman–Crippen MR) is 237 cm³/mol. The number of rotatable bonds is 11. The van der Waals surface area contributed by atoms with E-state index in [1.807, 2.05) is 62.4 Å². The zero-order valence-corrected chi connectivity index (χ0v) is 33.8. The molecule has 1 unspecified atom stereocenters. The van der Waals surface area contributed by atoms with Crippen molar-refractivity contribution in [1.82, 2.24) is 10.3 Å². The van der Waals surface area contributed by atoms with Gasteiger partial charge in [0.1, 0.15) is 11.0 Å². The Kier molecular flexibility index (Phi) is 10.4. The van der Waals surface area contributed by atoms with Crippen molar-refractivity contribution >= 4 is 85.1 Å². The molecule has 2 aliphatic rings. The fourth-order valence-corrected chi connectivity index (χ4v) is 7.97. The maximum absolute atomic E-state index is 6.41. The van der Waals surface area contributed by atoms with Gasteiger partial charge in [-0.2, -0.15) is 0 Å². The van der Waals surface area contributed by atoms with Crippen LogP contribution >= 0.6 is 23.2 Å². The lowest BCUT2D eigenvalue weighted by molar-refractivity contribution is -0.538. The smallest absolute Gasteiger partial charge is 0.239 e. The second-order valence-electron chi connectivity index (χ2n) is 15.0. The SMILES string of the molecule is CC1=CC2=Nc3cc(C)c(N)cc3N(c3ccc(Cl)cc3)C2C=C1NCCCCCCNc1cc2c(cc1C)nc1cc(C)c(N)cc1[n+]2-c1ccc(Cl)cc1. The van der Waals surface area contributed by atoms with Crippen molar-refractivity contribution < 1.29 is 4.57 Å². The third-order valence-electron chi connectivity index (χ3n) is 10.9. The van der Waals surface area contributed by atoms with E-state index in [1.54, 1.807) is 0 Å². The third kappa shape index (κ3) is 7.39. The molecule has 8 rings (SSSR count). The first-order chi connectivity index (χ1) is 27.0.